The van der Waals surface area contributed by atoms with Gasteiger partial charge in [0.15, 0.2) is 0 Å². The summed E-state index contributed by atoms with van der Waals surface area (Å²) in [7, 11) is 0. The van der Waals surface area contributed by atoms with Crippen LogP contribution >= 0.6 is 0 Å². The third-order valence-electron chi connectivity index (χ3n) is 4.95. The van der Waals surface area contributed by atoms with Crippen LogP contribution in [0.15, 0.2) is 54.6 Å². The molecule has 6 heteroatoms. The van der Waals surface area contributed by atoms with Gasteiger partial charge in [-0.15, -0.1) is 0 Å². The minimum absolute atomic E-state index is 0.131. The second-order valence-corrected chi connectivity index (χ2v) is 6.99. The smallest absolute Gasteiger partial charge is 0.407 e. The van der Waals surface area contributed by atoms with Gasteiger partial charge in [-0.2, -0.15) is 0 Å². The first-order valence-corrected chi connectivity index (χ1v) is 9.42. The molecule has 3 rings (SSSR count). The molecule has 6 nitrogen and oxygen atoms in total. The monoisotopic (exact) mass is 383 g/mol. The fourth-order valence-electron chi connectivity index (χ4n) is 3.53. The van der Waals surface area contributed by atoms with E-state index in [1.807, 2.05) is 54.6 Å². The van der Waals surface area contributed by atoms with Crippen LogP contribution in [0.25, 0.3) is 0 Å². The van der Waals surface area contributed by atoms with Crippen LogP contribution in [0.5, 0.6) is 0 Å². The average molecular weight is 383 g/mol. The number of alkyl carbamates (subject to hydrolysis) is 1. The number of ether oxygens (including phenoxy) is 2. The number of amides is 1. The van der Waals surface area contributed by atoms with Crippen LogP contribution in [0.1, 0.15) is 30.0 Å². The number of benzene rings is 2. The molecule has 0 aliphatic heterocycles. The maximum Gasteiger partial charge on any atom is 0.407 e. The van der Waals surface area contributed by atoms with Crippen molar-refractivity contribution in [3.8, 4) is 0 Å². The maximum absolute atomic E-state index is 12.3. The molecule has 2 aromatic carbocycles. The molecule has 0 bridgehead atoms. The summed E-state index contributed by atoms with van der Waals surface area (Å²) in [6.07, 6.45) is -0.160. The molecule has 2 atom stereocenters. The van der Waals surface area contributed by atoms with Crippen molar-refractivity contribution < 1.29 is 24.2 Å². The summed E-state index contributed by atoms with van der Waals surface area (Å²) in [6.45, 7) is 2.09. The molecule has 148 valence electrons. The average Bonchev–Trinajstić information content (AvgIpc) is 2.68. The Labute approximate surface area is 164 Å². The molecule has 0 aromatic heterocycles. The Morgan fingerprint density at radius 3 is 2.46 bits per heavy atom. The van der Waals surface area contributed by atoms with Crippen molar-refractivity contribution in [2.75, 3.05) is 6.61 Å². The van der Waals surface area contributed by atoms with Gasteiger partial charge in [-0.05, 0) is 30.0 Å². The van der Waals surface area contributed by atoms with Gasteiger partial charge in [0.1, 0.15) is 6.61 Å². The van der Waals surface area contributed by atoms with Crippen molar-refractivity contribution in [3.05, 3.63) is 71.3 Å². The number of aliphatic hydroxyl groups is 1. The molecule has 2 aromatic rings. The summed E-state index contributed by atoms with van der Waals surface area (Å²) in [5.41, 5.74) is 1.43. The fraction of sp³-hybridized carbons (Fsp3) is 0.364. The normalized spacial score (nSPS) is 20.7. The first kappa shape index (κ1) is 19.9. The number of esters is 1. The van der Waals surface area contributed by atoms with Crippen molar-refractivity contribution in [3.63, 3.8) is 0 Å². The van der Waals surface area contributed by atoms with E-state index >= 15 is 0 Å². The van der Waals surface area contributed by atoms with E-state index < -0.39 is 23.7 Å². The Bertz CT molecular complexity index is 823. The molecule has 0 saturated heterocycles. The third-order valence-corrected chi connectivity index (χ3v) is 4.95. The number of hydrogen-bond acceptors (Lipinski definition) is 5. The van der Waals surface area contributed by atoms with Crippen LogP contribution in [0.4, 0.5) is 4.79 Å². The lowest BCUT2D eigenvalue weighted by Crippen LogP contribution is -2.58. The van der Waals surface area contributed by atoms with Gasteiger partial charge >= 0.3 is 12.1 Å². The van der Waals surface area contributed by atoms with E-state index in [0.717, 1.165) is 16.7 Å². The minimum Gasteiger partial charge on any atom is -0.466 e. The van der Waals surface area contributed by atoms with Crippen molar-refractivity contribution in [2.45, 2.75) is 44.4 Å². The van der Waals surface area contributed by atoms with Crippen LogP contribution in [0.3, 0.4) is 0 Å². The van der Waals surface area contributed by atoms with E-state index in [1.54, 1.807) is 6.92 Å². The zero-order chi connectivity index (χ0) is 20.0. The zero-order valence-electron chi connectivity index (χ0n) is 15.9. The Kier molecular flexibility index (Phi) is 6.31. The molecule has 0 fully saturated rings. The highest BCUT2D eigenvalue weighted by Gasteiger charge is 2.44. The SMILES string of the molecule is CCOC(=O)C[C@@]1(O)Cc2ccccc2C[C@@H]1NC(=O)OCc1ccccc1. The first-order chi connectivity index (χ1) is 13.5. The molecule has 1 aliphatic carbocycles. The highest BCUT2D eigenvalue weighted by atomic mass is 16.5. The minimum atomic E-state index is -1.44. The van der Waals surface area contributed by atoms with E-state index in [1.165, 1.54) is 0 Å². The van der Waals surface area contributed by atoms with E-state index in [4.69, 9.17) is 9.47 Å². The Morgan fingerprint density at radius 1 is 1.07 bits per heavy atom. The van der Waals surface area contributed by atoms with Gasteiger partial charge in [0.05, 0.1) is 24.7 Å². The predicted molar refractivity (Wildman–Crippen MR) is 104 cm³/mol. The molecule has 0 radical (unpaired) electrons. The molecule has 2 N–H and O–H groups in total. The van der Waals surface area contributed by atoms with Gasteiger partial charge in [0, 0.05) is 6.42 Å². The first-order valence-electron chi connectivity index (χ1n) is 9.42. The van der Waals surface area contributed by atoms with Crippen molar-refractivity contribution in [1.82, 2.24) is 5.32 Å². The van der Waals surface area contributed by atoms with Crippen LogP contribution in [0.2, 0.25) is 0 Å². The molecule has 1 amide bonds. The highest BCUT2D eigenvalue weighted by Crippen LogP contribution is 2.32. The summed E-state index contributed by atoms with van der Waals surface area (Å²) < 4.78 is 10.3. The summed E-state index contributed by atoms with van der Waals surface area (Å²) in [6, 6.07) is 16.4. The number of fused-ring (bicyclic) bond motifs is 1. The van der Waals surface area contributed by atoms with Crippen LogP contribution in [-0.2, 0) is 33.7 Å². The van der Waals surface area contributed by atoms with Crippen molar-refractivity contribution >= 4 is 12.1 Å². The summed E-state index contributed by atoms with van der Waals surface area (Å²) in [4.78, 5) is 24.4. The molecule has 1 aliphatic rings. The van der Waals surface area contributed by atoms with E-state index in [0.29, 0.717) is 6.42 Å². The van der Waals surface area contributed by atoms with Gasteiger partial charge in [-0.25, -0.2) is 4.79 Å². The van der Waals surface area contributed by atoms with Gasteiger partial charge in [0.25, 0.3) is 0 Å². The third kappa shape index (κ3) is 4.89. The van der Waals surface area contributed by atoms with Gasteiger partial charge in [-0.1, -0.05) is 54.6 Å². The standard InChI is InChI=1S/C22H25NO5/c1-2-27-20(24)14-22(26)13-18-11-7-6-10-17(18)12-19(22)23-21(25)28-15-16-8-4-3-5-9-16/h3-11,19,26H,2,12-15H2,1H3,(H,23,25)/t19-,22-/m0/s1. The number of carbonyl (C=O) groups excluding carboxylic acids is 2. The number of hydrogen-bond donors (Lipinski definition) is 2. The maximum atomic E-state index is 12.3. The summed E-state index contributed by atoms with van der Waals surface area (Å²) in [5.74, 6) is -0.492. The predicted octanol–water partition coefficient (Wildman–Crippen LogP) is 2.76. The summed E-state index contributed by atoms with van der Waals surface area (Å²) in [5, 5.41) is 14.0. The van der Waals surface area contributed by atoms with Gasteiger partial charge in [0.2, 0.25) is 0 Å². The topological polar surface area (TPSA) is 84.9 Å². The lowest BCUT2D eigenvalue weighted by molar-refractivity contribution is -0.150. The van der Waals surface area contributed by atoms with Crippen molar-refractivity contribution in [1.29, 1.82) is 0 Å². The Balaban J connectivity index is 1.71. The lowest BCUT2D eigenvalue weighted by atomic mass is 9.75. The highest BCUT2D eigenvalue weighted by molar-refractivity contribution is 5.72. The van der Waals surface area contributed by atoms with E-state index in [-0.39, 0.29) is 26.1 Å². The Hall–Kier alpha value is -2.86. The molecule has 28 heavy (non-hydrogen) atoms. The zero-order valence-corrected chi connectivity index (χ0v) is 15.9. The Morgan fingerprint density at radius 2 is 1.75 bits per heavy atom. The van der Waals surface area contributed by atoms with Gasteiger partial charge in [-0.3, -0.25) is 4.79 Å². The van der Waals surface area contributed by atoms with Crippen LogP contribution < -0.4 is 5.32 Å². The van der Waals surface area contributed by atoms with Crippen LogP contribution in [0, 0.1) is 0 Å². The number of carbonyl (C=O) groups is 2. The summed E-state index contributed by atoms with van der Waals surface area (Å²) >= 11 is 0. The largest absolute Gasteiger partial charge is 0.466 e. The second-order valence-electron chi connectivity index (χ2n) is 6.99. The lowest BCUT2D eigenvalue weighted by Gasteiger charge is -2.40. The molecular weight excluding hydrogens is 358 g/mol. The quantitative estimate of drug-likeness (QED) is 0.750. The molecule has 0 heterocycles. The molecule has 0 saturated carbocycles. The van der Waals surface area contributed by atoms with E-state index in [2.05, 4.69) is 5.32 Å². The molecular formula is C22H25NO5. The van der Waals surface area contributed by atoms with Gasteiger partial charge < -0.3 is 19.9 Å². The molecule has 0 unspecified atom stereocenters. The van der Waals surface area contributed by atoms with E-state index in [9.17, 15) is 14.7 Å². The van der Waals surface area contributed by atoms with Crippen LogP contribution in [-0.4, -0.2) is 35.4 Å². The number of rotatable bonds is 6. The number of nitrogens with one attached hydrogen (secondary N) is 1. The second kappa shape index (κ2) is 8.89. The van der Waals surface area contributed by atoms with Crippen molar-refractivity contribution in [2.24, 2.45) is 0 Å². The fourth-order valence-corrected chi connectivity index (χ4v) is 3.53. The molecule has 0 spiro atoms.